The topological polar surface area (TPSA) is 72.2 Å². The molecule has 0 aliphatic heterocycles. The van der Waals surface area contributed by atoms with Gasteiger partial charge in [0.15, 0.2) is 0 Å². The highest BCUT2D eigenvalue weighted by molar-refractivity contribution is 7.92. The number of thiophene rings is 1. The largest absolute Gasteiger partial charge is 0.326 e. The molecule has 2 aromatic rings. The molecule has 0 atom stereocenters. The van der Waals surface area contributed by atoms with Gasteiger partial charge in [-0.2, -0.15) is 0 Å². The maximum Gasteiger partial charge on any atom is 0.262 e. The number of rotatable bonds is 4. The molecule has 0 saturated carbocycles. The fourth-order valence-corrected chi connectivity index (χ4v) is 3.70. The number of nitrogens with one attached hydrogen (secondary N) is 1. The maximum absolute atomic E-state index is 13.2. The van der Waals surface area contributed by atoms with Gasteiger partial charge in [-0.15, -0.1) is 11.3 Å². The van der Waals surface area contributed by atoms with E-state index in [1.54, 1.807) is 0 Å². The summed E-state index contributed by atoms with van der Waals surface area (Å²) in [5.74, 6) is -0.685. The van der Waals surface area contributed by atoms with E-state index >= 15 is 0 Å². The number of nitrogens with two attached hydrogens (primary N) is 1. The molecule has 0 saturated heterocycles. The van der Waals surface area contributed by atoms with Gasteiger partial charge in [0.05, 0.1) is 15.6 Å². The minimum absolute atomic E-state index is 0.0658. The molecule has 3 N–H and O–H groups in total. The summed E-state index contributed by atoms with van der Waals surface area (Å²) in [6, 6.07) is 5.18. The first-order valence-electron chi connectivity index (χ1n) is 5.18. The molecule has 0 aliphatic rings. The Morgan fingerprint density at radius 1 is 1.37 bits per heavy atom. The zero-order chi connectivity index (χ0) is 14.0. The lowest BCUT2D eigenvalue weighted by Crippen LogP contribution is -2.12. The predicted molar refractivity (Wildman–Crippen MR) is 74.4 cm³/mol. The molecule has 0 radical (unpaired) electrons. The molecule has 0 unspecified atom stereocenters. The smallest absolute Gasteiger partial charge is 0.262 e. The number of halogens is 2. The van der Waals surface area contributed by atoms with Gasteiger partial charge in [-0.1, -0.05) is 11.6 Å². The summed E-state index contributed by atoms with van der Waals surface area (Å²) in [6.45, 7) is 0.274. The van der Waals surface area contributed by atoms with Crippen LogP contribution in [0.25, 0.3) is 0 Å². The molecule has 0 bridgehead atoms. The first-order chi connectivity index (χ1) is 8.92. The third kappa shape index (κ3) is 3.24. The SMILES string of the molecule is NCc1cc(S(=O)(=O)Nc2ccc(Cl)c(F)c2)cs1. The Labute approximate surface area is 119 Å². The number of hydrogen-bond acceptors (Lipinski definition) is 4. The van der Waals surface area contributed by atoms with Crippen LogP contribution < -0.4 is 10.5 Å². The number of sulfonamides is 1. The van der Waals surface area contributed by atoms with Crippen LogP contribution >= 0.6 is 22.9 Å². The van der Waals surface area contributed by atoms with Crippen molar-refractivity contribution in [2.75, 3.05) is 4.72 Å². The van der Waals surface area contributed by atoms with Crippen molar-refractivity contribution in [1.29, 1.82) is 0 Å². The Morgan fingerprint density at radius 2 is 2.11 bits per heavy atom. The fourth-order valence-electron chi connectivity index (χ4n) is 1.38. The lowest BCUT2D eigenvalue weighted by atomic mass is 10.3. The normalized spacial score (nSPS) is 11.5. The first-order valence-corrected chi connectivity index (χ1v) is 7.92. The Morgan fingerprint density at radius 3 is 2.68 bits per heavy atom. The van der Waals surface area contributed by atoms with Crippen LogP contribution in [0.5, 0.6) is 0 Å². The molecule has 19 heavy (non-hydrogen) atoms. The zero-order valence-corrected chi connectivity index (χ0v) is 11.9. The van der Waals surface area contributed by atoms with E-state index in [1.165, 1.54) is 34.9 Å². The second kappa shape index (κ2) is 5.46. The summed E-state index contributed by atoms with van der Waals surface area (Å²) >= 11 is 6.78. The van der Waals surface area contributed by atoms with Crippen LogP contribution in [-0.4, -0.2) is 8.42 Å². The number of anilines is 1. The molecular weight excluding hydrogens is 311 g/mol. The summed E-state index contributed by atoms with van der Waals surface area (Å²) in [4.78, 5) is 0.857. The van der Waals surface area contributed by atoms with Gasteiger partial charge in [-0.3, -0.25) is 4.72 Å². The minimum atomic E-state index is -3.74. The molecule has 8 heteroatoms. The van der Waals surface area contributed by atoms with Crippen molar-refractivity contribution in [1.82, 2.24) is 0 Å². The van der Waals surface area contributed by atoms with Crippen LogP contribution in [0.2, 0.25) is 5.02 Å². The second-order valence-electron chi connectivity index (χ2n) is 3.69. The summed E-state index contributed by atoms with van der Waals surface area (Å²) < 4.78 is 39.6. The average molecular weight is 321 g/mol. The van der Waals surface area contributed by atoms with E-state index in [0.717, 1.165) is 10.9 Å². The molecule has 0 spiro atoms. The molecular formula is C11H10ClFN2O2S2. The van der Waals surface area contributed by atoms with Crippen molar-refractivity contribution in [3.63, 3.8) is 0 Å². The Balaban J connectivity index is 2.28. The lowest BCUT2D eigenvalue weighted by molar-refractivity contribution is 0.601. The van der Waals surface area contributed by atoms with Crippen molar-refractivity contribution in [2.45, 2.75) is 11.4 Å². The van der Waals surface area contributed by atoms with Crippen LogP contribution in [0.15, 0.2) is 34.5 Å². The molecule has 2 rings (SSSR count). The van der Waals surface area contributed by atoms with E-state index in [9.17, 15) is 12.8 Å². The highest BCUT2D eigenvalue weighted by atomic mass is 35.5. The van der Waals surface area contributed by atoms with Crippen LogP contribution in [0.1, 0.15) is 4.88 Å². The van der Waals surface area contributed by atoms with Crippen molar-refractivity contribution in [2.24, 2.45) is 5.73 Å². The van der Waals surface area contributed by atoms with E-state index in [-0.39, 0.29) is 22.2 Å². The quantitative estimate of drug-likeness (QED) is 0.910. The van der Waals surface area contributed by atoms with Gasteiger partial charge in [0.1, 0.15) is 5.82 Å². The molecule has 1 aromatic carbocycles. The molecule has 1 aromatic heterocycles. The van der Waals surface area contributed by atoms with E-state index in [2.05, 4.69) is 4.72 Å². The van der Waals surface area contributed by atoms with Crippen LogP contribution in [0.3, 0.4) is 0 Å². The summed E-state index contributed by atoms with van der Waals surface area (Å²) in [6.07, 6.45) is 0. The third-order valence-corrected chi connectivity index (χ3v) is 5.09. The number of hydrogen-bond donors (Lipinski definition) is 2. The van der Waals surface area contributed by atoms with Crippen molar-refractivity contribution < 1.29 is 12.8 Å². The Hall–Kier alpha value is -1.15. The zero-order valence-electron chi connectivity index (χ0n) is 9.56. The summed E-state index contributed by atoms with van der Waals surface area (Å²) in [7, 11) is -3.74. The van der Waals surface area contributed by atoms with Gasteiger partial charge in [0, 0.05) is 16.8 Å². The first kappa shape index (κ1) is 14.3. The van der Waals surface area contributed by atoms with Crippen LogP contribution in [0, 0.1) is 5.82 Å². The van der Waals surface area contributed by atoms with Gasteiger partial charge < -0.3 is 5.73 Å². The van der Waals surface area contributed by atoms with E-state index in [4.69, 9.17) is 17.3 Å². The van der Waals surface area contributed by atoms with Gasteiger partial charge in [-0.05, 0) is 24.3 Å². The Kier molecular flexibility index (Phi) is 4.10. The van der Waals surface area contributed by atoms with E-state index in [1.807, 2.05) is 0 Å². The van der Waals surface area contributed by atoms with E-state index < -0.39 is 15.8 Å². The van der Waals surface area contributed by atoms with E-state index in [0.29, 0.717) is 0 Å². The second-order valence-corrected chi connectivity index (χ2v) is 6.77. The average Bonchev–Trinajstić information content (AvgIpc) is 2.83. The fraction of sp³-hybridized carbons (Fsp3) is 0.0909. The van der Waals surface area contributed by atoms with Crippen LogP contribution in [0.4, 0.5) is 10.1 Å². The van der Waals surface area contributed by atoms with Gasteiger partial charge in [0.25, 0.3) is 10.0 Å². The monoisotopic (exact) mass is 320 g/mol. The standard InChI is InChI=1S/C11H10ClFN2O2S2/c12-10-2-1-7(3-11(10)13)15-19(16,17)9-4-8(5-14)18-6-9/h1-4,6,15H,5,14H2. The molecule has 0 amide bonds. The molecule has 1 heterocycles. The maximum atomic E-state index is 13.2. The lowest BCUT2D eigenvalue weighted by Gasteiger charge is -2.06. The predicted octanol–water partition coefficient (Wildman–Crippen LogP) is 2.80. The summed E-state index contributed by atoms with van der Waals surface area (Å²) in [5, 5.41) is 1.42. The van der Waals surface area contributed by atoms with Gasteiger partial charge >= 0.3 is 0 Å². The summed E-state index contributed by atoms with van der Waals surface area (Å²) in [5.41, 5.74) is 5.54. The molecule has 0 aliphatic carbocycles. The molecule has 4 nitrogen and oxygen atoms in total. The molecule has 0 fully saturated rings. The minimum Gasteiger partial charge on any atom is -0.326 e. The Bertz CT molecular complexity index is 700. The molecule has 102 valence electrons. The number of benzene rings is 1. The van der Waals surface area contributed by atoms with Crippen LogP contribution in [-0.2, 0) is 16.6 Å². The van der Waals surface area contributed by atoms with Gasteiger partial charge in [0.2, 0.25) is 0 Å². The van der Waals surface area contributed by atoms with Crippen molar-refractivity contribution in [3.8, 4) is 0 Å². The van der Waals surface area contributed by atoms with Crippen molar-refractivity contribution in [3.05, 3.63) is 45.4 Å². The van der Waals surface area contributed by atoms with Crippen molar-refractivity contribution >= 4 is 38.6 Å². The third-order valence-electron chi connectivity index (χ3n) is 2.31. The van der Waals surface area contributed by atoms with Gasteiger partial charge in [-0.25, -0.2) is 12.8 Å². The highest BCUT2D eigenvalue weighted by Gasteiger charge is 2.16. The highest BCUT2D eigenvalue weighted by Crippen LogP contribution is 2.24.